The predicted octanol–water partition coefficient (Wildman–Crippen LogP) is 2.71. The Balaban J connectivity index is 1.77. The third-order valence-electron chi connectivity index (χ3n) is 3.60. The second-order valence-corrected chi connectivity index (χ2v) is 5.09. The quantitative estimate of drug-likeness (QED) is 0.571. The van der Waals surface area contributed by atoms with E-state index in [4.69, 9.17) is 0 Å². The monoisotopic (exact) mass is 310 g/mol. The summed E-state index contributed by atoms with van der Waals surface area (Å²) in [6.45, 7) is 1.78. The van der Waals surface area contributed by atoms with Crippen molar-refractivity contribution in [2.45, 2.75) is 13.5 Å². The van der Waals surface area contributed by atoms with E-state index in [0.29, 0.717) is 11.4 Å². The Bertz CT molecular complexity index is 868. The first kappa shape index (κ1) is 14.7. The van der Waals surface area contributed by atoms with Crippen molar-refractivity contribution in [3.63, 3.8) is 0 Å². The highest BCUT2D eigenvalue weighted by molar-refractivity contribution is 5.96. The summed E-state index contributed by atoms with van der Waals surface area (Å²) in [5.74, 6) is 0.259. The molecule has 0 atom stereocenters. The van der Waals surface area contributed by atoms with Crippen LogP contribution in [0.25, 0.3) is 11.0 Å². The summed E-state index contributed by atoms with van der Waals surface area (Å²) >= 11 is 0. The smallest absolute Gasteiger partial charge is 0.273 e. The number of benzene rings is 2. The molecule has 3 rings (SSSR count). The van der Waals surface area contributed by atoms with Gasteiger partial charge in [-0.05, 0) is 25.1 Å². The molecule has 7 heteroatoms. The van der Waals surface area contributed by atoms with Crippen molar-refractivity contribution in [1.29, 1.82) is 0 Å². The summed E-state index contributed by atoms with van der Waals surface area (Å²) in [5, 5.41) is 13.7. The molecule has 7 nitrogen and oxygen atoms in total. The molecule has 0 saturated heterocycles. The van der Waals surface area contributed by atoms with Gasteiger partial charge in [-0.15, -0.1) is 0 Å². The highest BCUT2D eigenvalue weighted by Crippen LogP contribution is 2.21. The fourth-order valence-electron chi connectivity index (χ4n) is 2.42. The summed E-state index contributed by atoms with van der Waals surface area (Å²) in [4.78, 5) is 30.2. The molecule has 1 heterocycles. The Labute approximate surface area is 131 Å². The van der Waals surface area contributed by atoms with E-state index in [1.165, 1.54) is 12.1 Å². The number of para-hydroxylation sites is 2. The van der Waals surface area contributed by atoms with Crippen LogP contribution >= 0.6 is 0 Å². The first-order valence-electron chi connectivity index (χ1n) is 7.02. The number of rotatable bonds is 4. The van der Waals surface area contributed by atoms with Crippen LogP contribution in [0.15, 0.2) is 42.5 Å². The molecule has 23 heavy (non-hydrogen) atoms. The van der Waals surface area contributed by atoms with Gasteiger partial charge < -0.3 is 10.3 Å². The molecule has 1 amide bonds. The number of carbonyl (C=O) groups excluding carboxylic acids is 1. The zero-order valence-electron chi connectivity index (χ0n) is 12.4. The van der Waals surface area contributed by atoms with Crippen molar-refractivity contribution in [2.75, 3.05) is 0 Å². The fraction of sp³-hybridized carbons (Fsp3) is 0.125. The molecule has 0 aliphatic rings. The number of hydrogen-bond acceptors (Lipinski definition) is 4. The minimum absolute atomic E-state index is 0.0682. The molecule has 0 spiro atoms. The van der Waals surface area contributed by atoms with Gasteiger partial charge in [0, 0.05) is 17.2 Å². The summed E-state index contributed by atoms with van der Waals surface area (Å²) in [5.41, 5.74) is 2.28. The lowest BCUT2D eigenvalue weighted by Crippen LogP contribution is -2.24. The molecule has 2 N–H and O–H groups in total. The molecule has 0 fully saturated rings. The number of nitrogens with zero attached hydrogens (tertiary/aromatic N) is 2. The molecular weight excluding hydrogens is 296 g/mol. The van der Waals surface area contributed by atoms with Gasteiger partial charge >= 0.3 is 0 Å². The van der Waals surface area contributed by atoms with Crippen molar-refractivity contribution in [2.24, 2.45) is 0 Å². The summed E-state index contributed by atoms with van der Waals surface area (Å²) in [6.07, 6.45) is 0. The number of amides is 1. The van der Waals surface area contributed by atoms with E-state index < -0.39 is 4.92 Å². The highest BCUT2D eigenvalue weighted by Gasteiger charge is 2.17. The molecule has 116 valence electrons. The van der Waals surface area contributed by atoms with Gasteiger partial charge in [0.25, 0.3) is 11.6 Å². The van der Waals surface area contributed by atoms with E-state index in [9.17, 15) is 14.9 Å². The van der Waals surface area contributed by atoms with Crippen LogP contribution in [0.2, 0.25) is 0 Å². The number of fused-ring (bicyclic) bond motifs is 1. The lowest BCUT2D eigenvalue weighted by molar-refractivity contribution is -0.385. The molecule has 2 aromatic carbocycles. The second kappa shape index (κ2) is 5.88. The SMILES string of the molecule is Cc1c(C(=O)NCc2nc3ccccc3[nH]2)cccc1[N+](=O)[O-]. The van der Waals surface area contributed by atoms with Crippen LogP contribution in [0.4, 0.5) is 5.69 Å². The average molecular weight is 310 g/mol. The zero-order chi connectivity index (χ0) is 16.4. The molecule has 0 aliphatic carbocycles. The number of aromatic amines is 1. The number of nitro groups is 1. The number of imidazole rings is 1. The summed E-state index contributed by atoms with van der Waals surface area (Å²) in [7, 11) is 0. The van der Waals surface area contributed by atoms with E-state index >= 15 is 0 Å². The minimum atomic E-state index is -0.495. The van der Waals surface area contributed by atoms with Crippen molar-refractivity contribution in [3.05, 3.63) is 69.5 Å². The van der Waals surface area contributed by atoms with Gasteiger partial charge in [-0.1, -0.05) is 18.2 Å². The van der Waals surface area contributed by atoms with Crippen molar-refractivity contribution in [3.8, 4) is 0 Å². The predicted molar refractivity (Wildman–Crippen MR) is 85.1 cm³/mol. The van der Waals surface area contributed by atoms with Crippen molar-refractivity contribution < 1.29 is 9.72 Å². The van der Waals surface area contributed by atoms with Crippen LogP contribution in [0.1, 0.15) is 21.7 Å². The topological polar surface area (TPSA) is 101 Å². The molecule has 0 unspecified atom stereocenters. The number of aromatic nitrogens is 2. The minimum Gasteiger partial charge on any atom is -0.345 e. The molecule has 0 bridgehead atoms. The van der Waals surface area contributed by atoms with Crippen molar-refractivity contribution >= 4 is 22.6 Å². The van der Waals surface area contributed by atoms with Gasteiger partial charge in [-0.3, -0.25) is 14.9 Å². The Morgan fingerprint density at radius 3 is 2.78 bits per heavy atom. The Hall–Kier alpha value is -3.22. The van der Waals surface area contributed by atoms with E-state index in [0.717, 1.165) is 11.0 Å². The van der Waals surface area contributed by atoms with E-state index in [2.05, 4.69) is 15.3 Å². The molecule has 0 aliphatic heterocycles. The van der Waals surface area contributed by atoms with E-state index in [1.807, 2.05) is 24.3 Å². The van der Waals surface area contributed by atoms with Crippen LogP contribution in [-0.4, -0.2) is 20.8 Å². The van der Waals surface area contributed by atoms with Gasteiger partial charge in [0.15, 0.2) is 0 Å². The maximum atomic E-state index is 12.3. The normalized spacial score (nSPS) is 10.7. The summed E-state index contributed by atoms with van der Waals surface area (Å²) in [6, 6.07) is 12.0. The van der Waals surface area contributed by atoms with Gasteiger partial charge in [0.05, 0.1) is 22.5 Å². The van der Waals surface area contributed by atoms with Crippen LogP contribution < -0.4 is 5.32 Å². The largest absolute Gasteiger partial charge is 0.345 e. The average Bonchev–Trinajstić information content (AvgIpc) is 2.95. The molecule has 3 aromatic rings. The van der Waals surface area contributed by atoms with Gasteiger partial charge in [-0.25, -0.2) is 4.98 Å². The zero-order valence-corrected chi connectivity index (χ0v) is 12.4. The maximum absolute atomic E-state index is 12.3. The van der Waals surface area contributed by atoms with Crippen LogP contribution in [-0.2, 0) is 6.54 Å². The van der Waals surface area contributed by atoms with Gasteiger partial charge in [-0.2, -0.15) is 0 Å². The van der Waals surface area contributed by atoms with Crippen LogP contribution in [0.5, 0.6) is 0 Å². The van der Waals surface area contributed by atoms with Gasteiger partial charge in [0.1, 0.15) is 5.82 Å². The molecule has 0 radical (unpaired) electrons. The van der Waals surface area contributed by atoms with Gasteiger partial charge in [0.2, 0.25) is 0 Å². The lowest BCUT2D eigenvalue weighted by atomic mass is 10.1. The number of carbonyl (C=O) groups is 1. The molecular formula is C16H14N4O3. The number of hydrogen-bond donors (Lipinski definition) is 2. The fourth-order valence-corrected chi connectivity index (χ4v) is 2.42. The number of nitro benzene ring substituents is 1. The van der Waals surface area contributed by atoms with Crippen molar-refractivity contribution in [1.82, 2.24) is 15.3 Å². The van der Waals surface area contributed by atoms with Crippen LogP contribution in [0.3, 0.4) is 0 Å². The second-order valence-electron chi connectivity index (χ2n) is 5.09. The third kappa shape index (κ3) is 2.89. The third-order valence-corrected chi connectivity index (χ3v) is 3.60. The first-order chi connectivity index (χ1) is 11.1. The Morgan fingerprint density at radius 2 is 2.04 bits per heavy atom. The Morgan fingerprint density at radius 1 is 1.26 bits per heavy atom. The lowest BCUT2D eigenvalue weighted by Gasteiger charge is -2.06. The molecule has 1 aromatic heterocycles. The standard InChI is InChI=1S/C16H14N4O3/c1-10-11(5-4-8-14(10)20(22)23)16(21)17-9-15-18-12-6-2-3-7-13(12)19-15/h2-8H,9H2,1H3,(H,17,21)(H,18,19). The first-order valence-corrected chi connectivity index (χ1v) is 7.02. The van der Waals surface area contributed by atoms with E-state index in [1.54, 1.807) is 13.0 Å². The number of H-pyrrole nitrogens is 1. The number of nitrogens with one attached hydrogen (secondary N) is 2. The molecule has 0 saturated carbocycles. The Kier molecular flexibility index (Phi) is 3.76. The van der Waals surface area contributed by atoms with E-state index in [-0.39, 0.29) is 23.7 Å². The maximum Gasteiger partial charge on any atom is 0.273 e. The van der Waals surface area contributed by atoms with Crippen LogP contribution in [0, 0.1) is 17.0 Å². The summed E-state index contributed by atoms with van der Waals surface area (Å²) < 4.78 is 0. The highest BCUT2D eigenvalue weighted by atomic mass is 16.6.